The van der Waals surface area contributed by atoms with Crippen LogP contribution in [0.3, 0.4) is 0 Å². The fourth-order valence-corrected chi connectivity index (χ4v) is 3.50. The van der Waals surface area contributed by atoms with Crippen LogP contribution < -0.4 is 0 Å². The van der Waals surface area contributed by atoms with Crippen LogP contribution in [0.15, 0.2) is 65.7 Å². The highest BCUT2D eigenvalue weighted by molar-refractivity contribution is 6.13. The van der Waals surface area contributed by atoms with E-state index in [0.29, 0.717) is 6.42 Å². The van der Waals surface area contributed by atoms with Crippen molar-refractivity contribution in [3.63, 3.8) is 0 Å². The van der Waals surface area contributed by atoms with Crippen molar-refractivity contribution in [2.24, 2.45) is 10.4 Å². The van der Waals surface area contributed by atoms with Gasteiger partial charge >= 0.3 is 6.09 Å². The molecule has 0 bridgehead atoms. The summed E-state index contributed by atoms with van der Waals surface area (Å²) in [4.78, 5) is 17.7. The van der Waals surface area contributed by atoms with Crippen LogP contribution >= 0.6 is 0 Å². The summed E-state index contributed by atoms with van der Waals surface area (Å²) in [6, 6.07) is 19.3. The van der Waals surface area contributed by atoms with Crippen LogP contribution in [0.4, 0.5) is 9.18 Å². The predicted octanol–water partition coefficient (Wildman–Crippen LogP) is 4.25. The quantitative estimate of drug-likeness (QED) is 0.835. The molecule has 3 rings (SSSR count). The first-order valence-electron chi connectivity index (χ1n) is 8.73. The number of hydrogen-bond donors (Lipinski definition) is 1. The lowest BCUT2D eigenvalue weighted by molar-refractivity contribution is 0.0624. The van der Waals surface area contributed by atoms with Crippen molar-refractivity contribution in [3.05, 3.63) is 71.8 Å². The third-order valence-electron chi connectivity index (χ3n) is 4.73. The standard InChI is InChI=1S/C21H23FN2O2/c1-21(14-22)12-18(13-24(15-21)20(25)26)23-19(16-8-4-2-5-9-16)17-10-6-3-7-11-17/h2-11,18H,12-15H2,1H3,(H,25,26). The highest BCUT2D eigenvalue weighted by Crippen LogP contribution is 2.32. The molecule has 5 heteroatoms. The van der Waals surface area contributed by atoms with Gasteiger partial charge < -0.3 is 10.0 Å². The van der Waals surface area contributed by atoms with Crippen LogP contribution in [0.5, 0.6) is 0 Å². The molecule has 1 heterocycles. The van der Waals surface area contributed by atoms with E-state index in [2.05, 4.69) is 0 Å². The normalized spacial score (nSPS) is 22.7. The third-order valence-corrected chi connectivity index (χ3v) is 4.73. The molecule has 0 aromatic heterocycles. The van der Waals surface area contributed by atoms with E-state index in [4.69, 9.17) is 4.99 Å². The smallest absolute Gasteiger partial charge is 0.407 e. The number of rotatable bonds is 4. The van der Waals surface area contributed by atoms with Crippen molar-refractivity contribution < 1.29 is 14.3 Å². The van der Waals surface area contributed by atoms with E-state index in [1.54, 1.807) is 6.92 Å². The van der Waals surface area contributed by atoms with Gasteiger partial charge in [-0.15, -0.1) is 0 Å². The molecule has 2 aromatic carbocycles. The highest BCUT2D eigenvalue weighted by atomic mass is 19.1. The molecular formula is C21H23FN2O2. The topological polar surface area (TPSA) is 52.9 Å². The van der Waals surface area contributed by atoms with Gasteiger partial charge in [-0.3, -0.25) is 9.38 Å². The Hall–Kier alpha value is -2.69. The highest BCUT2D eigenvalue weighted by Gasteiger charge is 2.38. The number of carbonyl (C=O) groups is 1. The average Bonchev–Trinajstić information content (AvgIpc) is 2.67. The van der Waals surface area contributed by atoms with Crippen molar-refractivity contribution >= 4 is 11.8 Å². The van der Waals surface area contributed by atoms with Crippen molar-refractivity contribution in [2.75, 3.05) is 19.8 Å². The second-order valence-corrected chi connectivity index (χ2v) is 7.18. The molecule has 2 aromatic rings. The maximum absolute atomic E-state index is 13.6. The Kier molecular flexibility index (Phi) is 5.35. The van der Waals surface area contributed by atoms with Gasteiger partial charge in [-0.05, 0) is 6.42 Å². The number of piperidine rings is 1. The van der Waals surface area contributed by atoms with Gasteiger partial charge in [-0.1, -0.05) is 67.6 Å². The minimum Gasteiger partial charge on any atom is -0.465 e. The molecule has 1 saturated heterocycles. The second-order valence-electron chi connectivity index (χ2n) is 7.18. The Morgan fingerprint density at radius 2 is 1.69 bits per heavy atom. The Morgan fingerprint density at radius 1 is 1.15 bits per heavy atom. The van der Waals surface area contributed by atoms with Crippen molar-refractivity contribution in [1.29, 1.82) is 0 Å². The second kappa shape index (κ2) is 7.68. The summed E-state index contributed by atoms with van der Waals surface area (Å²) in [5, 5.41) is 9.41. The fraction of sp³-hybridized carbons (Fsp3) is 0.333. The minimum absolute atomic E-state index is 0.205. The first-order chi connectivity index (χ1) is 12.5. The lowest BCUT2D eigenvalue weighted by atomic mass is 9.81. The van der Waals surface area contributed by atoms with Crippen molar-refractivity contribution in [3.8, 4) is 0 Å². The number of nitrogens with zero attached hydrogens (tertiary/aromatic N) is 2. The SMILES string of the molecule is CC1(CF)CC(N=C(c2ccccc2)c2ccccc2)CN(C(=O)O)C1. The Morgan fingerprint density at radius 3 is 2.15 bits per heavy atom. The number of hydrogen-bond acceptors (Lipinski definition) is 2. The number of amides is 1. The lowest BCUT2D eigenvalue weighted by Gasteiger charge is -2.40. The Bertz CT molecular complexity index is 738. The molecule has 1 aliphatic rings. The number of carboxylic acid groups (broad SMARTS) is 1. The van der Waals surface area contributed by atoms with E-state index >= 15 is 0 Å². The maximum Gasteiger partial charge on any atom is 0.407 e. The molecular weight excluding hydrogens is 331 g/mol. The summed E-state index contributed by atoms with van der Waals surface area (Å²) >= 11 is 0. The molecule has 2 unspecified atom stereocenters. The van der Waals surface area contributed by atoms with Crippen LogP contribution in [0, 0.1) is 5.41 Å². The minimum atomic E-state index is -1.02. The van der Waals surface area contributed by atoms with Crippen LogP contribution in [-0.2, 0) is 0 Å². The van der Waals surface area contributed by atoms with Gasteiger partial charge in [-0.25, -0.2) is 4.79 Å². The first kappa shape index (κ1) is 18.1. The molecule has 0 aliphatic carbocycles. The zero-order valence-electron chi connectivity index (χ0n) is 14.8. The van der Waals surface area contributed by atoms with Gasteiger partial charge in [0.25, 0.3) is 0 Å². The van der Waals surface area contributed by atoms with Gasteiger partial charge in [0.1, 0.15) is 0 Å². The van der Waals surface area contributed by atoms with Crippen LogP contribution in [0.1, 0.15) is 24.5 Å². The zero-order valence-corrected chi connectivity index (χ0v) is 14.8. The van der Waals surface area contributed by atoms with Crippen LogP contribution in [-0.4, -0.2) is 47.6 Å². The van der Waals surface area contributed by atoms with E-state index in [0.717, 1.165) is 16.8 Å². The van der Waals surface area contributed by atoms with Gasteiger partial charge in [0.2, 0.25) is 0 Å². The van der Waals surface area contributed by atoms with Gasteiger partial charge in [0.15, 0.2) is 0 Å². The predicted molar refractivity (Wildman–Crippen MR) is 101 cm³/mol. The van der Waals surface area contributed by atoms with E-state index in [1.165, 1.54) is 4.90 Å². The van der Waals surface area contributed by atoms with Crippen LogP contribution in [0.25, 0.3) is 0 Å². The van der Waals surface area contributed by atoms with E-state index in [-0.39, 0.29) is 19.1 Å². The molecule has 1 fully saturated rings. The molecule has 0 saturated carbocycles. The van der Waals surface area contributed by atoms with E-state index < -0.39 is 18.2 Å². The summed E-state index contributed by atoms with van der Waals surface area (Å²) in [7, 11) is 0. The molecule has 1 aliphatic heterocycles. The summed E-state index contributed by atoms with van der Waals surface area (Å²) in [5.41, 5.74) is 2.04. The average molecular weight is 354 g/mol. The molecule has 136 valence electrons. The molecule has 1 amide bonds. The summed E-state index contributed by atoms with van der Waals surface area (Å²) < 4.78 is 13.6. The molecule has 4 nitrogen and oxygen atoms in total. The molecule has 1 N–H and O–H groups in total. The third kappa shape index (κ3) is 4.10. The van der Waals surface area contributed by atoms with Gasteiger partial charge in [0, 0.05) is 29.6 Å². The molecule has 0 spiro atoms. The summed E-state index contributed by atoms with van der Waals surface area (Å²) in [6.07, 6.45) is -0.498. The number of halogens is 1. The monoisotopic (exact) mass is 354 g/mol. The number of alkyl halides is 1. The van der Waals surface area contributed by atoms with Crippen LogP contribution in [0.2, 0.25) is 0 Å². The number of likely N-dealkylation sites (tertiary alicyclic amines) is 1. The summed E-state index contributed by atoms with van der Waals surface area (Å²) in [6.45, 7) is 1.72. The Balaban J connectivity index is 2.00. The zero-order chi connectivity index (χ0) is 18.6. The molecule has 2 atom stereocenters. The van der Waals surface area contributed by atoms with Crippen molar-refractivity contribution in [1.82, 2.24) is 4.90 Å². The first-order valence-corrected chi connectivity index (χ1v) is 8.73. The van der Waals surface area contributed by atoms with Gasteiger partial charge in [-0.2, -0.15) is 0 Å². The number of aliphatic imine (C=N–C) groups is 1. The molecule has 26 heavy (non-hydrogen) atoms. The Labute approximate surface area is 153 Å². The summed E-state index contributed by atoms with van der Waals surface area (Å²) in [5.74, 6) is 0. The largest absolute Gasteiger partial charge is 0.465 e. The van der Waals surface area contributed by atoms with Gasteiger partial charge in [0.05, 0.1) is 18.4 Å². The number of benzene rings is 2. The maximum atomic E-state index is 13.6. The lowest BCUT2D eigenvalue weighted by Crippen LogP contribution is -2.50. The van der Waals surface area contributed by atoms with Crippen molar-refractivity contribution in [2.45, 2.75) is 19.4 Å². The van der Waals surface area contributed by atoms with E-state index in [9.17, 15) is 14.3 Å². The molecule has 0 radical (unpaired) electrons. The van der Waals surface area contributed by atoms with E-state index in [1.807, 2.05) is 60.7 Å². The fourth-order valence-electron chi connectivity index (χ4n) is 3.50.